The number of fused-ring (bicyclic) bond motifs is 1. The SMILES string of the molecule is CSc1nc2c(c(=O)[nH]1)C(c1ccc([N+](=O)[O-])cc1)C1=C(CC(C)(C)CC1=O)N2[C@@H]1O[C@H](CO)[C@@H](O)[C@H](O)[C@H]1O. The van der Waals surface area contributed by atoms with E-state index in [1.807, 2.05) is 13.8 Å². The van der Waals surface area contributed by atoms with Crippen LogP contribution in [-0.2, 0) is 9.53 Å². The van der Waals surface area contributed by atoms with Gasteiger partial charge in [-0.2, -0.15) is 0 Å². The summed E-state index contributed by atoms with van der Waals surface area (Å²) < 4.78 is 5.91. The van der Waals surface area contributed by atoms with E-state index in [1.54, 1.807) is 6.26 Å². The number of aliphatic hydroxyl groups excluding tert-OH is 4. The summed E-state index contributed by atoms with van der Waals surface area (Å²) in [6.45, 7) is 3.13. The molecule has 6 atom stereocenters. The molecule has 2 aromatic rings. The Balaban J connectivity index is 1.80. The number of ether oxygens (including phenoxy) is 1. The first-order valence-corrected chi connectivity index (χ1v) is 13.9. The van der Waals surface area contributed by atoms with Crippen molar-refractivity contribution in [2.24, 2.45) is 5.41 Å². The van der Waals surface area contributed by atoms with Gasteiger partial charge >= 0.3 is 0 Å². The first kappa shape index (κ1) is 28.4. The number of nitrogens with one attached hydrogen (secondary N) is 1. The number of benzene rings is 1. The van der Waals surface area contributed by atoms with Gasteiger partial charge in [0.15, 0.2) is 17.2 Å². The molecule has 1 unspecified atom stereocenters. The Morgan fingerprint density at radius 3 is 2.42 bits per heavy atom. The van der Waals surface area contributed by atoms with E-state index in [9.17, 15) is 40.1 Å². The van der Waals surface area contributed by atoms with Gasteiger partial charge in [0.2, 0.25) is 0 Å². The fourth-order valence-corrected chi connectivity index (χ4v) is 6.17. The van der Waals surface area contributed by atoms with Gasteiger partial charge in [-0.25, -0.2) is 4.98 Å². The van der Waals surface area contributed by atoms with Gasteiger partial charge in [0.25, 0.3) is 11.2 Å². The van der Waals surface area contributed by atoms with Gasteiger partial charge in [0, 0.05) is 35.7 Å². The number of hydrogen-bond donors (Lipinski definition) is 5. The lowest BCUT2D eigenvalue weighted by Gasteiger charge is -2.50. The van der Waals surface area contributed by atoms with Crippen molar-refractivity contribution in [2.75, 3.05) is 17.8 Å². The summed E-state index contributed by atoms with van der Waals surface area (Å²) in [5.41, 5.74) is -0.0632. The molecule has 5 rings (SSSR count). The zero-order valence-electron chi connectivity index (χ0n) is 22.0. The van der Waals surface area contributed by atoms with Gasteiger partial charge in [-0.3, -0.25) is 19.7 Å². The number of anilines is 1. The number of thioether (sulfide) groups is 1. The third-order valence-electron chi connectivity index (χ3n) is 7.66. The standard InChI is InChI=1S/C26H30N4O9S/c1-26(2)8-13-17(14(32)9-26)16(11-4-6-12(7-5-11)30(37)38)18-22(27-25(40-3)28-23(18)36)29(13)24-21(35)20(34)19(33)15(10-31)39-24/h4-7,15-16,19-21,24,31,33-35H,8-10H2,1-3H3,(H,27,28,36)/t15-,16?,19-,20+,21-,24-/m1/s1. The molecule has 14 heteroatoms. The number of rotatable bonds is 5. The highest BCUT2D eigenvalue weighted by molar-refractivity contribution is 7.98. The lowest BCUT2D eigenvalue weighted by molar-refractivity contribution is -0.384. The van der Waals surface area contributed by atoms with Crippen LogP contribution in [0.5, 0.6) is 0 Å². The van der Waals surface area contributed by atoms with Crippen LogP contribution >= 0.6 is 11.8 Å². The van der Waals surface area contributed by atoms with Gasteiger partial charge < -0.3 is 35.0 Å². The molecule has 1 aromatic heterocycles. The Hall–Kier alpha value is -3.14. The number of carbonyl (C=O) groups excluding carboxylic acids is 1. The zero-order valence-corrected chi connectivity index (χ0v) is 22.8. The highest BCUT2D eigenvalue weighted by Gasteiger charge is 2.52. The highest BCUT2D eigenvalue weighted by atomic mass is 32.2. The van der Waals surface area contributed by atoms with Gasteiger partial charge in [0.1, 0.15) is 30.2 Å². The number of aliphatic hydroxyl groups is 4. The van der Waals surface area contributed by atoms with Crippen LogP contribution in [0.3, 0.4) is 0 Å². The molecule has 0 amide bonds. The predicted molar refractivity (Wildman–Crippen MR) is 143 cm³/mol. The van der Waals surface area contributed by atoms with E-state index in [-0.39, 0.29) is 40.0 Å². The lowest BCUT2D eigenvalue weighted by Crippen LogP contribution is -2.64. The van der Waals surface area contributed by atoms with Crippen molar-refractivity contribution in [3.05, 3.63) is 67.1 Å². The molecule has 13 nitrogen and oxygen atoms in total. The molecule has 0 saturated carbocycles. The number of nitro groups is 1. The summed E-state index contributed by atoms with van der Waals surface area (Å²) in [4.78, 5) is 47.0. The minimum Gasteiger partial charge on any atom is -0.394 e. The van der Waals surface area contributed by atoms with Gasteiger partial charge in [-0.1, -0.05) is 37.7 Å². The van der Waals surface area contributed by atoms with Crippen molar-refractivity contribution in [1.82, 2.24) is 9.97 Å². The molecule has 1 aliphatic carbocycles. The van der Waals surface area contributed by atoms with Crippen LogP contribution in [0.2, 0.25) is 0 Å². The van der Waals surface area contributed by atoms with Crippen LogP contribution in [0.4, 0.5) is 11.5 Å². The number of aromatic amines is 1. The molecule has 3 heterocycles. The van der Waals surface area contributed by atoms with Crippen molar-refractivity contribution in [3.63, 3.8) is 0 Å². The number of allylic oxidation sites excluding steroid dienone is 2. The number of aromatic nitrogens is 2. The topological polar surface area (TPSA) is 199 Å². The molecule has 3 aliphatic rings. The maximum Gasteiger partial charge on any atom is 0.269 e. The maximum atomic E-state index is 13.8. The molecule has 0 bridgehead atoms. The zero-order chi connectivity index (χ0) is 29.1. The van der Waals surface area contributed by atoms with E-state index in [4.69, 9.17) is 4.74 Å². The minimum absolute atomic E-state index is 0.0652. The molecule has 214 valence electrons. The summed E-state index contributed by atoms with van der Waals surface area (Å²) in [7, 11) is 0. The Bertz CT molecular complexity index is 1440. The van der Waals surface area contributed by atoms with Gasteiger partial charge in [0.05, 0.1) is 17.1 Å². The third kappa shape index (κ3) is 4.63. The van der Waals surface area contributed by atoms with E-state index < -0.39 is 59.1 Å². The Morgan fingerprint density at radius 2 is 1.82 bits per heavy atom. The summed E-state index contributed by atoms with van der Waals surface area (Å²) >= 11 is 1.16. The van der Waals surface area contributed by atoms with Crippen LogP contribution in [-0.4, -0.2) is 84.6 Å². The second-order valence-corrected chi connectivity index (χ2v) is 11.8. The molecule has 1 aromatic carbocycles. The van der Waals surface area contributed by atoms with E-state index in [2.05, 4.69) is 9.97 Å². The van der Waals surface area contributed by atoms with Crippen molar-refractivity contribution in [3.8, 4) is 0 Å². The van der Waals surface area contributed by atoms with Crippen molar-refractivity contribution < 1.29 is 34.9 Å². The fourth-order valence-electron chi connectivity index (χ4n) is 5.80. The first-order chi connectivity index (χ1) is 18.9. The van der Waals surface area contributed by atoms with E-state index in [0.29, 0.717) is 17.7 Å². The van der Waals surface area contributed by atoms with Crippen LogP contribution < -0.4 is 10.5 Å². The Kier molecular flexibility index (Phi) is 7.35. The second-order valence-electron chi connectivity index (χ2n) is 11.0. The molecule has 1 fully saturated rings. The lowest BCUT2D eigenvalue weighted by atomic mass is 9.68. The quantitative estimate of drug-likeness (QED) is 0.146. The number of ketones is 1. The largest absolute Gasteiger partial charge is 0.394 e. The van der Waals surface area contributed by atoms with Crippen LogP contribution in [0, 0.1) is 15.5 Å². The van der Waals surface area contributed by atoms with Crippen molar-refractivity contribution >= 4 is 29.1 Å². The number of carbonyl (C=O) groups is 1. The molecule has 40 heavy (non-hydrogen) atoms. The Morgan fingerprint density at radius 1 is 1.15 bits per heavy atom. The van der Waals surface area contributed by atoms with Crippen LogP contribution in [0.15, 0.2) is 45.5 Å². The summed E-state index contributed by atoms with van der Waals surface area (Å²) in [6.07, 6.45) is -5.51. The van der Waals surface area contributed by atoms with Crippen LogP contribution in [0.1, 0.15) is 43.7 Å². The molecule has 1 saturated heterocycles. The Labute approximate surface area is 232 Å². The summed E-state index contributed by atoms with van der Waals surface area (Å²) in [5.74, 6) is -1.11. The normalized spacial score (nSPS) is 29.7. The third-order valence-corrected chi connectivity index (χ3v) is 8.24. The minimum atomic E-state index is -1.70. The molecule has 0 radical (unpaired) electrons. The van der Waals surface area contributed by atoms with Crippen LogP contribution in [0.25, 0.3) is 0 Å². The molecular formula is C26H30N4O9S. The monoisotopic (exact) mass is 574 g/mol. The van der Waals surface area contributed by atoms with E-state index >= 15 is 0 Å². The summed E-state index contributed by atoms with van der Waals surface area (Å²) in [6, 6.07) is 5.59. The number of non-ortho nitro benzene ring substituents is 1. The number of H-pyrrole nitrogens is 1. The second kappa shape index (κ2) is 10.4. The first-order valence-electron chi connectivity index (χ1n) is 12.7. The molecule has 2 aliphatic heterocycles. The van der Waals surface area contributed by atoms with Gasteiger partial charge in [-0.05, 0) is 23.7 Å². The predicted octanol–water partition coefficient (Wildman–Crippen LogP) is 0.795. The van der Waals surface area contributed by atoms with Crippen molar-refractivity contribution in [1.29, 1.82) is 0 Å². The van der Waals surface area contributed by atoms with E-state index in [1.165, 1.54) is 29.2 Å². The average Bonchev–Trinajstić information content (AvgIpc) is 2.90. The van der Waals surface area contributed by atoms with E-state index in [0.717, 1.165) is 11.8 Å². The number of Topliss-reactive ketones (excluding diaryl/α,β-unsaturated/α-hetero) is 1. The fraction of sp³-hybridized carbons (Fsp3) is 0.500. The maximum absolute atomic E-state index is 13.8. The molecular weight excluding hydrogens is 544 g/mol. The van der Waals surface area contributed by atoms with Crippen molar-refractivity contribution in [2.45, 2.75) is 68.4 Å². The number of nitro benzene ring substituents is 1. The number of hydrogen-bond acceptors (Lipinski definition) is 12. The summed E-state index contributed by atoms with van der Waals surface area (Å²) in [5, 5.41) is 53.5. The molecule has 5 N–H and O–H groups in total. The average molecular weight is 575 g/mol. The molecule has 0 spiro atoms. The number of nitrogens with zero attached hydrogens (tertiary/aromatic N) is 3. The van der Waals surface area contributed by atoms with Gasteiger partial charge in [-0.15, -0.1) is 0 Å². The smallest absolute Gasteiger partial charge is 0.269 e. The highest BCUT2D eigenvalue weighted by Crippen LogP contribution is 2.51.